The zero-order valence-corrected chi connectivity index (χ0v) is 22.7. The molecule has 0 unspecified atom stereocenters. The van der Waals surface area contributed by atoms with Crippen LogP contribution in [-0.4, -0.2) is 30.7 Å². The first-order chi connectivity index (χ1) is 13.7. The summed E-state index contributed by atoms with van der Waals surface area (Å²) in [5.74, 6) is 0. The van der Waals surface area contributed by atoms with Gasteiger partial charge < -0.3 is 21.5 Å². The van der Waals surface area contributed by atoms with Gasteiger partial charge in [-0.05, 0) is 51.4 Å². The first-order valence-corrected chi connectivity index (χ1v) is 13.6. The number of hydrogen-bond donors (Lipinski definition) is 0. The van der Waals surface area contributed by atoms with Crippen molar-refractivity contribution in [2.75, 3.05) is 26.2 Å². The van der Waals surface area contributed by atoms with E-state index in [1.165, 1.54) is 153 Å². The smallest absolute Gasteiger partial charge is 0.0786 e. The number of halogens is 1. The van der Waals surface area contributed by atoms with E-state index in [1.54, 1.807) is 0 Å². The van der Waals surface area contributed by atoms with Crippen molar-refractivity contribution >= 4 is 0 Å². The van der Waals surface area contributed by atoms with Gasteiger partial charge in [-0.3, -0.25) is 0 Å². The van der Waals surface area contributed by atoms with Crippen molar-refractivity contribution in [2.24, 2.45) is 0 Å². The molecule has 0 saturated carbocycles. The zero-order chi connectivity index (χ0) is 20.8. The maximum atomic E-state index is 2.35. The molecule has 0 radical (unpaired) electrons. The van der Waals surface area contributed by atoms with E-state index in [4.69, 9.17) is 0 Å². The molecule has 0 aliphatic heterocycles. The van der Waals surface area contributed by atoms with E-state index in [-0.39, 0.29) is 17.0 Å². The molecule has 0 N–H and O–H groups in total. The molecular formula is C27H58BrN. The largest absolute Gasteiger partial charge is 1.00 e. The van der Waals surface area contributed by atoms with Crippen molar-refractivity contribution in [1.82, 2.24) is 0 Å². The highest BCUT2D eigenvalue weighted by Crippen LogP contribution is 2.19. The van der Waals surface area contributed by atoms with Gasteiger partial charge in [0.15, 0.2) is 0 Å². The number of nitrogens with zero attached hydrogens (tertiary/aromatic N) is 1. The van der Waals surface area contributed by atoms with Gasteiger partial charge in [-0.25, -0.2) is 0 Å². The van der Waals surface area contributed by atoms with Crippen LogP contribution in [0.1, 0.15) is 150 Å². The van der Waals surface area contributed by atoms with Crippen molar-refractivity contribution in [3.05, 3.63) is 0 Å². The third-order valence-electron chi connectivity index (χ3n) is 6.69. The second kappa shape index (κ2) is 24.7. The second-order valence-electron chi connectivity index (χ2n) is 9.54. The van der Waals surface area contributed by atoms with Gasteiger partial charge in [0.1, 0.15) is 0 Å². The van der Waals surface area contributed by atoms with Crippen molar-refractivity contribution in [2.45, 2.75) is 150 Å². The molecule has 0 aromatic carbocycles. The summed E-state index contributed by atoms with van der Waals surface area (Å²) in [6.45, 7) is 15.2. The molecule has 0 bridgehead atoms. The number of hydrogen-bond acceptors (Lipinski definition) is 0. The molecule has 0 aromatic heterocycles. The van der Waals surface area contributed by atoms with E-state index in [1.807, 2.05) is 0 Å². The first kappa shape index (κ1) is 31.6. The topological polar surface area (TPSA) is 0 Å². The standard InChI is InChI=1S/C27H58N.BrH/c1-5-9-13-14-15-16-17-18-19-23-27-28(24-20-10-6-2,25-21-11-7-3)26-22-12-8-4;/h5-27H2,1-4H3;1H/q+1;/p-1. The molecule has 29 heavy (non-hydrogen) atoms. The first-order valence-electron chi connectivity index (χ1n) is 13.6. The minimum Gasteiger partial charge on any atom is -1.00 e. The van der Waals surface area contributed by atoms with E-state index in [2.05, 4.69) is 27.7 Å². The molecule has 0 aromatic rings. The number of quaternary nitrogens is 1. The molecule has 0 rings (SSSR count). The fourth-order valence-corrected chi connectivity index (χ4v) is 4.70. The molecule has 0 aliphatic rings. The van der Waals surface area contributed by atoms with Crippen LogP contribution in [0.15, 0.2) is 0 Å². The molecule has 0 aliphatic carbocycles. The van der Waals surface area contributed by atoms with Crippen LogP contribution in [0, 0.1) is 0 Å². The Balaban J connectivity index is 0. The average Bonchev–Trinajstić information content (AvgIpc) is 2.70. The van der Waals surface area contributed by atoms with Crippen LogP contribution in [-0.2, 0) is 0 Å². The van der Waals surface area contributed by atoms with E-state index in [0.717, 1.165) is 0 Å². The fraction of sp³-hybridized carbons (Fsp3) is 1.00. The van der Waals surface area contributed by atoms with Crippen LogP contribution in [0.25, 0.3) is 0 Å². The van der Waals surface area contributed by atoms with E-state index < -0.39 is 0 Å². The lowest BCUT2D eigenvalue weighted by Gasteiger charge is -2.39. The van der Waals surface area contributed by atoms with Crippen LogP contribution in [0.2, 0.25) is 0 Å². The average molecular weight is 477 g/mol. The van der Waals surface area contributed by atoms with Gasteiger partial charge in [0.2, 0.25) is 0 Å². The molecule has 0 saturated heterocycles. The summed E-state index contributed by atoms with van der Waals surface area (Å²) in [6.07, 6.45) is 27.3. The maximum Gasteiger partial charge on any atom is 0.0786 e. The third-order valence-corrected chi connectivity index (χ3v) is 6.69. The Morgan fingerprint density at radius 1 is 0.310 bits per heavy atom. The molecule has 0 fully saturated rings. The third kappa shape index (κ3) is 20.1. The Kier molecular flexibility index (Phi) is 26.9. The van der Waals surface area contributed by atoms with Crippen LogP contribution < -0.4 is 17.0 Å². The highest BCUT2D eigenvalue weighted by Gasteiger charge is 2.25. The van der Waals surface area contributed by atoms with Gasteiger partial charge in [-0.2, -0.15) is 0 Å². The lowest BCUT2D eigenvalue weighted by molar-refractivity contribution is -0.929. The summed E-state index contributed by atoms with van der Waals surface area (Å²) in [5.41, 5.74) is 0. The van der Waals surface area contributed by atoms with Crippen LogP contribution >= 0.6 is 0 Å². The van der Waals surface area contributed by atoms with Crippen LogP contribution in [0.3, 0.4) is 0 Å². The van der Waals surface area contributed by atoms with Gasteiger partial charge in [0, 0.05) is 0 Å². The van der Waals surface area contributed by atoms with E-state index >= 15 is 0 Å². The molecule has 2 heteroatoms. The SMILES string of the molecule is CCCCCCCCCCCC[N+](CCCCC)(CCCCC)CCCCC.[Br-]. The molecule has 0 spiro atoms. The Morgan fingerprint density at radius 2 is 0.517 bits per heavy atom. The summed E-state index contributed by atoms with van der Waals surface area (Å²) in [6, 6.07) is 0. The van der Waals surface area contributed by atoms with Crippen molar-refractivity contribution in [1.29, 1.82) is 0 Å². The van der Waals surface area contributed by atoms with Gasteiger partial charge >= 0.3 is 0 Å². The monoisotopic (exact) mass is 475 g/mol. The molecule has 0 amide bonds. The molecule has 1 nitrogen and oxygen atoms in total. The zero-order valence-electron chi connectivity index (χ0n) is 21.1. The number of rotatable bonds is 23. The predicted octanol–water partition coefficient (Wildman–Crippen LogP) is 6.30. The lowest BCUT2D eigenvalue weighted by Crippen LogP contribution is -3.00. The Labute approximate surface area is 197 Å². The lowest BCUT2D eigenvalue weighted by atomic mass is 10.1. The Bertz CT molecular complexity index is 266. The summed E-state index contributed by atoms with van der Waals surface area (Å²) in [5, 5.41) is 0. The molecule has 0 atom stereocenters. The maximum absolute atomic E-state index is 2.35. The summed E-state index contributed by atoms with van der Waals surface area (Å²) >= 11 is 0. The minimum atomic E-state index is 0. The molecular weight excluding hydrogens is 418 g/mol. The van der Waals surface area contributed by atoms with E-state index in [0.29, 0.717) is 0 Å². The van der Waals surface area contributed by atoms with Gasteiger partial charge in [0.05, 0.1) is 26.2 Å². The van der Waals surface area contributed by atoms with Crippen molar-refractivity contribution < 1.29 is 21.5 Å². The predicted molar refractivity (Wildman–Crippen MR) is 130 cm³/mol. The normalized spacial score (nSPS) is 11.6. The summed E-state index contributed by atoms with van der Waals surface area (Å²) in [7, 11) is 0. The highest BCUT2D eigenvalue weighted by molar-refractivity contribution is 4.53. The highest BCUT2D eigenvalue weighted by atomic mass is 79.9. The van der Waals surface area contributed by atoms with Gasteiger partial charge in [0.25, 0.3) is 0 Å². The number of unbranched alkanes of at least 4 members (excludes halogenated alkanes) is 15. The fourth-order valence-electron chi connectivity index (χ4n) is 4.70. The van der Waals surface area contributed by atoms with Crippen LogP contribution in [0.4, 0.5) is 0 Å². The minimum absolute atomic E-state index is 0. The van der Waals surface area contributed by atoms with Gasteiger partial charge in [-0.15, -0.1) is 0 Å². The van der Waals surface area contributed by atoms with Crippen molar-refractivity contribution in [3.8, 4) is 0 Å². The Morgan fingerprint density at radius 3 is 0.828 bits per heavy atom. The van der Waals surface area contributed by atoms with E-state index in [9.17, 15) is 0 Å². The molecule has 178 valence electrons. The Hall–Kier alpha value is 0.440. The molecule has 0 heterocycles. The van der Waals surface area contributed by atoms with Crippen LogP contribution in [0.5, 0.6) is 0 Å². The van der Waals surface area contributed by atoms with Crippen molar-refractivity contribution in [3.63, 3.8) is 0 Å². The summed E-state index contributed by atoms with van der Waals surface area (Å²) in [4.78, 5) is 0. The van der Waals surface area contributed by atoms with Gasteiger partial charge in [-0.1, -0.05) is 98.3 Å². The summed E-state index contributed by atoms with van der Waals surface area (Å²) < 4.78 is 1.46. The second-order valence-corrected chi connectivity index (χ2v) is 9.54. The quantitative estimate of drug-likeness (QED) is 0.120.